The van der Waals surface area contributed by atoms with Crippen LogP contribution < -0.4 is 0 Å². The molecular weight excluding hydrogens is 283 g/mol. The molecule has 1 aromatic rings. The SMILES string of the molecule is CC1(C)[C@@H](C(=O)O)C[C@@H]1/C=C(\Cl)c1ccc(Cl)cc1. The molecule has 0 spiro atoms. The Bertz CT molecular complexity index is 517. The first-order valence-electron chi connectivity index (χ1n) is 6.18. The molecular formula is C15H16Cl2O2. The standard InChI is InChI=1S/C15H16Cl2O2/c1-15(2)10(7-12(15)14(18)19)8-13(17)9-3-5-11(16)6-4-9/h3-6,8,10,12H,7H2,1-2H3,(H,18,19)/b13-8-/t10-,12-/m1/s1. The lowest BCUT2D eigenvalue weighted by atomic mass is 9.54. The molecule has 2 atom stereocenters. The van der Waals surface area contributed by atoms with Gasteiger partial charge in [-0.25, -0.2) is 0 Å². The molecule has 2 nitrogen and oxygen atoms in total. The Labute approximate surface area is 123 Å². The van der Waals surface area contributed by atoms with Crippen molar-refractivity contribution in [2.24, 2.45) is 17.3 Å². The van der Waals surface area contributed by atoms with Gasteiger partial charge in [-0.3, -0.25) is 4.79 Å². The van der Waals surface area contributed by atoms with Gasteiger partial charge in [-0.05, 0) is 35.4 Å². The zero-order chi connectivity index (χ0) is 14.2. The first-order valence-corrected chi connectivity index (χ1v) is 6.94. The molecule has 1 aromatic carbocycles. The lowest BCUT2D eigenvalue weighted by Crippen LogP contribution is -2.47. The van der Waals surface area contributed by atoms with Gasteiger partial charge in [0.25, 0.3) is 0 Å². The van der Waals surface area contributed by atoms with Gasteiger partial charge in [0, 0.05) is 10.1 Å². The molecule has 19 heavy (non-hydrogen) atoms. The normalized spacial score (nSPS) is 25.8. The fourth-order valence-corrected chi connectivity index (χ4v) is 2.95. The lowest BCUT2D eigenvalue weighted by Gasteiger charge is -2.48. The smallest absolute Gasteiger partial charge is 0.307 e. The third-order valence-electron chi connectivity index (χ3n) is 4.11. The summed E-state index contributed by atoms with van der Waals surface area (Å²) in [4.78, 5) is 11.1. The zero-order valence-corrected chi connectivity index (χ0v) is 12.4. The topological polar surface area (TPSA) is 37.3 Å². The maximum Gasteiger partial charge on any atom is 0.307 e. The molecule has 2 rings (SSSR count). The van der Waals surface area contributed by atoms with Gasteiger partial charge in [0.05, 0.1) is 5.92 Å². The minimum Gasteiger partial charge on any atom is -0.481 e. The van der Waals surface area contributed by atoms with E-state index in [1.165, 1.54) is 0 Å². The maximum atomic E-state index is 11.1. The minimum atomic E-state index is -0.725. The molecule has 0 saturated heterocycles. The van der Waals surface area contributed by atoms with E-state index in [0.717, 1.165) is 5.56 Å². The third kappa shape index (κ3) is 2.80. The number of aliphatic carboxylic acids is 1. The van der Waals surface area contributed by atoms with Crippen LogP contribution in [-0.4, -0.2) is 11.1 Å². The number of carbonyl (C=O) groups is 1. The molecule has 0 bridgehead atoms. The molecule has 0 aliphatic heterocycles. The van der Waals surface area contributed by atoms with Crippen molar-refractivity contribution in [1.29, 1.82) is 0 Å². The van der Waals surface area contributed by atoms with Gasteiger partial charge in [-0.15, -0.1) is 0 Å². The van der Waals surface area contributed by atoms with Crippen LogP contribution in [0.5, 0.6) is 0 Å². The molecule has 0 unspecified atom stereocenters. The molecule has 0 amide bonds. The van der Waals surface area contributed by atoms with Crippen LogP contribution in [0.4, 0.5) is 0 Å². The van der Waals surface area contributed by atoms with Crippen LogP contribution in [0.25, 0.3) is 5.03 Å². The number of carboxylic acids is 1. The Hall–Kier alpha value is -0.990. The summed E-state index contributed by atoms with van der Waals surface area (Å²) in [5.41, 5.74) is 0.652. The van der Waals surface area contributed by atoms with Crippen molar-refractivity contribution in [2.45, 2.75) is 20.3 Å². The van der Waals surface area contributed by atoms with E-state index in [1.807, 2.05) is 32.1 Å². The van der Waals surface area contributed by atoms with Crippen molar-refractivity contribution in [3.8, 4) is 0 Å². The molecule has 4 heteroatoms. The van der Waals surface area contributed by atoms with Gasteiger partial charge in [0.15, 0.2) is 0 Å². The first kappa shape index (κ1) is 14.4. The molecule has 1 aliphatic carbocycles. The van der Waals surface area contributed by atoms with Crippen LogP contribution in [0.3, 0.4) is 0 Å². The van der Waals surface area contributed by atoms with E-state index in [1.54, 1.807) is 12.1 Å². The summed E-state index contributed by atoms with van der Waals surface area (Å²) >= 11 is 12.1. The van der Waals surface area contributed by atoms with Crippen LogP contribution in [-0.2, 0) is 4.79 Å². The molecule has 0 radical (unpaired) electrons. The molecule has 0 heterocycles. The predicted molar refractivity (Wildman–Crippen MR) is 78.3 cm³/mol. The van der Waals surface area contributed by atoms with E-state index in [2.05, 4.69) is 0 Å². The third-order valence-corrected chi connectivity index (χ3v) is 4.71. The van der Waals surface area contributed by atoms with Gasteiger partial charge >= 0.3 is 5.97 Å². The number of hydrogen-bond acceptors (Lipinski definition) is 1. The van der Waals surface area contributed by atoms with E-state index < -0.39 is 5.97 Å². The fraction of sp³-hybridized carbons (Fsp3) is 0.400. The number of rotatable bonds is 3. The van der Waals surface area contributed by atoms with Gasteiger partial charge in [0.1, 0.15) is 0 Å². The summed E-state index contributed by atoms with van der Waals surface area (Å²) in [6, 6.07) is 7.31. The second-order valence-corrected chi connectivity index (χ2v) is 6.42. The first-order chi connectivity index (χ1) is 8.82. The average molecular weight is 299 g/mol. The summed E-state index contributed by atoms with van der Waals surface area (Å²) in [5, 5.41) is 10.4. The fourth-order valence-electron chi connectivity index (χ4n) is 2.54. The summed E-state index contributed by atoms with van der Waals surface area (Å²) in [5.74, 6) is -0.822. The zero-order valence-electron chi connectivity index (χ0n) is 10.9. The highest BCUT2D eigenvalue weighted by molar-refractivity contribution is 6.48. The Morgan fingerprint density at radius 1 is 1.37 bits per heavy atom. The summed E-state index contributed by atoms with van der Waals surface area (Å²) in [6.07, 6.45) is 2.61. The minimum absolute atomic E-state index is 0.191. The maximum absolute atomic E-state index is 11.1. The summed E-state index contributed by atoms with van der Waals surface area (Å²) in [6.45, 7) is 3.95. The molecule has 1 N–H and O–H groups in total. The molecule has 1 aliphatic rings. The van der Waals surface area contributed by atoms with Crippen molar-refractivity contribution in [3.63, 3.8) is 0 Å². The van der Waals surface area contributed by atoms with Gasteiger partial charge in [-0.2, -0.15) is 0 Å². The van der Waals surface area contributed by atoms with Crippen molar-refractivity contribution in [1.82, 2.24) is 0 Å². The van der Waals surface area contributed by atoms with Crippen molar-refractivity contribution in [2.75, 3.05) is 0 Å². The highest BCUT2D eigenvalue weighted by atomic mass is 35.5. The van der Waals surface area contributed by atoms with E-state index in [9.17, 15) is 4.79 Å². The quantitative estimate of drug-likeness (QED) is 0.881. The number of halogens is 2. The number of hydrogen-bond donors (Lipinski definition) is 1. The summed E-state index contributed by atoms with van der Waals surface area (Å²) < 4.78 is 0. The second-order valence-electron chi connectivity index (χ2n) is 5.58. The Morgan fingerprint density at radius 2 is 1.95 bits per heavy atom. The Balaban J connectivity index is 2.15. The van der Waals surface area contributed by atoms with Crippen molar-refractivity contribution < 1.29 is 9.90 Å². The van der Waals surface area contributed by atoms with E-state index >= 15 is 0 Å². The van der Waals surface area contributed by atoms with E-state index in [-0.39, 0.29) is 17.3 Å². The highest BCUT2D eigenvalue weighted by Crippen LogP contribution is 2.53. The van der Waals surface area contributed by atoms with Crippen molar-refractivity contribution >= 4 is 34.2 Å². The molecule has 102 valence electrons. The summed E-state index contributed by atoms with van der Waals surface area (Å²) in [7, 11) is 0. The number of benzene rings is 1. The van der Waals surface area contributed by atoms with Gasteiger partial charge in [-0.1, -0.05) is 55.3 Å². The molecule has 1 fully saturated rings. The lowest BCUT2D eigenvalue weighted by molar-refractivity contribution is -0.156. The monoisotopic (exact) mass is 298 g/mol. The van der Waals surface area contributed by atoms with Crippen LogP contribution in [0.2, 0.25) is 5.02 Å². The molecule has 1 saturated carbocycles. The van der Waals surface area contributed by atoms with Crippen molar-refractivity contribution in [3.05, 3.63) is 40.9 Å². The van der Waals surface area contributed by atoms with E-state index in [4.69, 9.17) is 28.3 Å². The number of carboxylic acid groups (broad SMARTS) is 1. The Morgan fingerprint density at radius 3 is 2.42 bits per heavy atom. The van der Waals surface area contributed by atoms with Crippen LogP contribution in [0.1, 0.15) is 25.8 Å². The van der Waals surface area contributed by atoms with Crippen LogP contribution in [0, 0.1) is 17.3 Å². The molecule has 0 aromatic heterocycles. The second kappa shape index (κ2) is 5.18. The predicted octanol–water partition coefficient (Wildman–Crippen LogP) is 4.67. The van der Waals surface area contributed by atoms with Gasteiger partial charge < -0.3 is 5.11 Å². The van der Waals surface area contributed by atoms with Crippen LogP contribution >= 0.6 is 23.2 Å². The average Bonchev–Trinajstić information content (AvgIpc) is 2.34. The van der Waals surface area contributed by atoms with Gasteiger partial charge in [0.2, 0.25) is 0 Å². The largest absolute Gasteiger partial charge is 0.481 e. The van der Waals surface area contributed by atoms with Crippen LogP contribution in [0.15, 0.2) is 30.3 Å². The number of allylic oxidation sites excluding steroid dienone is 1. The van der Waals surface area contributed by atoms with E-state index in [0.29, 0.717) is 16.5 Å². The highest BCUT2D eigenvalue weighted by Gasteiger charge is 2.50. The Kier molecular flexibility index (Phi) is 3.93.